The molecule has 3 rings (SSSR count). The molecule has 0 saturated carbocycles. The van der Waals surface area contributed by atoms with E-state index in [1.165, 1.54) is 12.7 Å². The molecule has 8 heteroatoms. The maximum atomic E-state index is 13.4. The number of aromatic nitrogens is 1. The molecule has 0 aromatic carbocycles. The molecule has 1 aromatic heterocycles. The van der Waals surface area contributed by atoms with Crippen LogP contribution in [-0.4, -0.2) is 84.3 Å². The van der Waals surface area contributed by atoms with Crippen molar-refractivity contribution in [1.82, 2.24) is 14.8 Å². The molecule has 0 bridgehead atoms. The normalized spacial score (nSPS) is 22.2. The van der Waals surface area contributed by atoms with E-state index in [1.807, 2.05) is 19.9 Å². The number of pyridine rings is 1. The van der Waals surface area contributed by atoms with Crippen LogP contribution in [0.5, 0.6) is 5.88 Å². The predicted molar refractivity (Wildman–Crippen MR) is 117 cm³/mol. The van der Waals surface area contributed by atoms with Crippen molar-refractivity contribution in [3.05, 3.63) is 29.5 Å². The first-order valence-corrected chi connectivity index (χ1v) is 10.9. The lowest BCUT2D eigenvalue weighted by Crippen LogP contribution is -2.50. The Balaban J connectivity index is 1.96. The number of amides is 2. The van der Waals surface area contributed by atoms with Gasteiger partial charge < -0.3 is 24.4 Å². The fraction of sp³-hybridized carbons (Fsp3) is 0.609. The number of likely N-dealkylation sites (N-methyl/N-ethyl adjacent to an activating group) is 1. The Morgan fingerprint density at radius 3 is 2.90 bits per heavy atom. The van der Waals surface area contributed by atoms with Gasteiger partial charge in [-0.15, -0.1) is 0 Å². The standard InChI is InChI=1S/C23H33N3O5/c1-15-11-26(16(2)13-27)23(29)19-9-18(17-7-5-6-8-17)10-24-22(19)31-20(15)12-25(3)21(28)14-30-4/h7,9-10,15-16,20,27H,5-6,8,11-14H2,1-4H3/t15-,16-,20+/m0/s1. The van der Waals surface area contributed by atoms with Crippen molar-refractivity contribution < 1.29 is 24.2 Å². The molecule has 3 atom stereocenters. The smallest absolute Gasteiger partial charge is 0.259 e. The third kappa shape index (κ3) is 5.25. The summed E-state index contributed by atoms with van der Waals surface area (Å²) in [4.78, 5) is 33.4. The Kier molecular flexibility index (Phi) is 7.67. The monoisotopic (exact) mass is 431 g/mol. The summed E-state index contributed by atoms with van der Waals surface area (Å²) in [6, 6.07) is 1.51. The lowest BCUT2D eigenvalue weighted by atomic mass is 9.99. The highest BCUT2D eigenvalue weighted by Gasteiger charge is 2.34. The summed E-state index contributed by atoms with van der Waals surface area (Å²) in [5.74, 6) is -0.151. The van der Waals surface area contributed by atoms with E-state index >= 15 is 0 Å². The van der Waals surface area contributed by atoms with Gasteiger partial charge in [-0.05, 0) is 43.4 Å². The number of hydrogen-bond donors (Lipinski definition) is 1. The number of carbonyl (C=O) groups is 2. The molecule has 1 aliphatic carbocycles. The molecule has 1 aliphatic heterocycles. The first-order chi connectivity index (χ1) is 14.8. The molecule has 31 heavy (non-hydrogen) atoms. The average molecular weight is 432 g/mol. The highest BCUT2D eigenvalue weighted by molar-refractivity contribution is 5.97. The quantitative estimate of drug-likeness (QED) is 0.710. The summed E-state index contributed by atoms with van der Waals surface area (Å²) < 4.78 is 11.2. The van der Waals surface area contributed by atoms with Crippen molar-refractivity contribution in [2.75, 3.05) is 40.5 Å². The van der Waals surface area contributed by atoms with Gasteiger partial charge in [0.2, 0.25) is 11.8 Å². The second kappa shape index (κ2) is 10.2. The molecule has 0 spiro atoms. The van der Waals surface area contributed by atoms with Crippen LogP contribution < -0.4 is 4.74 Å². The zero-order chi connectivity index (χ0) is 22.5. The van der Waals surface area contributed by atoms with Crippen molar-refractivity contribution in [2.45, 2.75) is 45.3 Å². The van der Waals surface area contributed by atoms with Crippen LogP contribution in [0.2, 0.25) is 0 Å². The maximum absolute atomic E-state index is 13.4. The van der Waals surface area contributed by atoms with E-state index in [1.54, 1.807) is 23.0 Å². The van der Waals surface area contributed by atoms with Gasteiger partial charge >= 0.3 is 0 Å². The van der Waals surface area contributed by atoms with E-state index in [-0.39, 0.29) is 49.0 Å². The van der Waals surface area contributed by atoms with Gasteiger partial charge in [-0.3, -0.25) is 9.59 Å². The Hall–Kier alpha value is -2.45. The molecule has 0 fully saturated rings. The zero-order valence-electron chi connectivity index (χ0n) is 18.8. The second-order valence-electron chi connectivity index (χ2n) is 8.53. The molecule has 8 nitrogen and oxygen atoms in total. The number of ether oxygens (including phenoxy) is 2. The van der Waals surface area contributed by atoms with Gasteiger partial charge in [-0.1, -0.05) is 13.0 Å². The van der Waals surface area contributed by atoms with E-state index in [2.05, 4.69) is 11.1 Å². The summed E-state index contributed by atoms with van der Waals surface area (Å²) >= 11 is 0. The predicted octanol–water partition coefficient (Wildman–Crippen LogP) is 1.97. The number of aliphatic hydroxyl groups is 1. The van der Waals surface area contributed by atoms with Crippen LogP contribution in [0.4, 0.5) is 0 Å². The molecule has 0 saturated heterocycles. The van der Waals surface area contributed by atoms with Crippen LogP contribution >= 0.6 is 0 Å². The van der Waals surface area contributed by atoms with Crippen LogP contribution in [0.15, 0.2) is 18.3 Å². The van der Waals surface area contributed by atoms with Gasteiger partial charge in [-0.25, -0.2) is 4.98 Å². The van der Waals surface area contributed by atoms with Gasteiger partial charge in [-0.2, -0.15) is 0 Å². The fourth-order valence-electron chi connectivity index (χ4n) is 4.03. The molecule has 2 aliphatic rings. The Labute approximate surface area is 183 Å². The van der Waals surface area contributed by atoms with Gasteiger partial charge in [0, 0.05) is 32.8 Å². The van der Waals surface area contributed by atoms with Crippen LogP contribution in [-0.2, 0) is 9.53 Å². The van der Waals surface area contributed by atoms with Crippen LogP contribution in [0.3, 0.4) is 0 Å². The van der Waals surface area contributed by atoms with Crippen molar-refractivity contribution in [3.63, 3.8) is 0 Å². The zero-order valence-corrected chi connectivity index (χ0v) is 18.8. The molecular weight excluding hydrogens is 398 g/mol. The first-order valence-electron chi connectivity index (χ1n) is 10.9. The van der Waals surface area contributed by atoms with Gasteiger partial charge in [0.15, 0.2) is 0 Å². The number of nitrogens with zero attached hydrogens (tertiary/aromatic N) is 3. The highest BCUT2D eigenvalue weighted by atomic mass is 16.5. The van der Waals surface area contributed by atoms with E-state index in [9.17, 15) is 14.7 Å². The van der Waals surface area contributed by atoms with Gasteiger partial charge in [0.1, 0.15) is 18.3 Å². The van der Waals surface area contributed by atoms with E-state index in [0.717, 1.165) is 24.8 Å². The summed E-state index contributed by atoms with van der Waals surface area (Å²) in [5.41, 5.74) is 2.53. The third-order valence-corrected chi connectivity index (χ3v) is 6.08. The van der Waals surface area contributed by atoms with Crippen molar-refractivity contribution in [3.8, 4) is 5.88 Å². The lowest BCUT2D eigenvalue weighted by Gasteiger charge is -2.37. The van der Waals surface area contributed by atoms with Crippen molar-refractivity contribution >= 4 is 17.4 Å². The minimum Gasteiger partial charge on any atom is -0.472 e. The molecule has 0 unspecified atom stereocenters. The number of methoxy groups -OCH3 is 1. The third-order valence-electron chi connectivity index (χ3n) is 6.08. The van der Waals surface area contributed by atoms with E-state index in [0.29, 0.717) is 18.7 Å². The molecule has 1 N–H and O–H groups in total. The molecule has 2 heterocycles. The first kappa shape index (κ1) is 23.2. The van der Waals surface area contributed by atoms with Crippen molar-refractivity contribution in [2.24, 2.45) is 5.92 Å². The van der Waals surface area contributed by atoms with Crippen LogP contribution in [0, 0.1) is 5.92 Å². The summed E-state index contributed by atoms with van der Waals surface area (Å²) in [7, 11) is 3.19. The number of aliphatic hydroxyl groups excluding tert-OH is 1. The molecule has 0 radical (unpaired) electrons. The number of fused-ring (bicyclic) bond motifs is 1. The highest BCUT2D eigenvalue weighted by Crippen LogP contribution is 2.32. The molecule has 1 aromatic rings. The average Bonchev–Trinajstić information content (AvgIpc) is 3.30. The summed E-state index contributed by atoms with van der Waals surface area (Å²) in [6.45, 7) is 4.41. The van der Waals surface area contributed by atoms with E-state index < -0.39 is 0 Å². The second-order valence-corrected chi connectivity index (χ2v) is 8.53. The minimum atomic E-state index is -0.366. The number of hydrogen-bond acceptors (Lipinski definition) is 6. The molecule has 2 amide bonds. The largest absolute Gasteiger partial charge is 0.472 e. The topological polar surface area (TPSA) is 92.2 Å². The Morgan fingerprint density at radius 2 is 2.26 bits per heavy atom. The van der Waals surface area contributed by atoms with Crippen LogP contribution in [0.1, 0.15) is 49.0 Å². The van der Waals surface area contributed by atoms with E-state index in [4.69, 9.17) is 9.47 Å². The van der Waals surface area contributed by atoms with Crippen molar-refractivity contribution in [1.29, 1.82) is 0 Å². The number of allylic oxidation sites excluding steroid dienone is 2. The Morgan fingerprint density at radius 1 is 1.48 bits per heavy atom. The van der Waals surface area contributed by atoms with Gasteiger partial charge in [0.25, 0.3) is 5.91 Å². The number of carbonyl (C=O) groups excluding carboxylic acids is 2. The minimum absolute atomic E-state index is 0.00291. The summed E-state index contributed by atoms with van der Waals surface area (Å²) in [5, 5.41) is 9.75. The van der Waals surface area contributed by atoms with Gasteiger partial charge in [0.05, 0.1) is 19.2 Å². The summed E-state index contributed by atoms with van der Waals surface area (Å²) in [6.07, 6.45) is 6.69. The van der Waals surface area contributed by atoms with Crippen LogP contribution in [0.25, 0.3) is 5.57 Å². The number of rotatable bonds is 7. The SMILES string of the molecule is COCC(=O)N(C)C[C@H]1Oc2ncc(C3=CCCC3)cc2C(=O)N([C@@H](C)CO)C[C@@H]1C. The molecular formula is C23H33N3O5. The maximum Gasteiger partial charge on any atom is 0.259 e. The Bertz CT molecular complexity index is 841. The molecule has 170 valence electrons. The fourth-order valence-corrected chi connectivity index (χ4v) is 4.03. The lowest BCUT2D eigenvalue weighted by molar-refractivity contribution is -0.135.